The SMILES string of the molecule is Cc1cc(-c2noc(C(C)N3CCC(C)(CN)C3)n2)ccc1F. The van der Waals surface area contributed by atoms with Crippen molar-refractivity contribution >= 4 is 0 Å². The Bertz CT molecular complexity index is 702. The number of likely N-dealkylation sites (tertiary alicyclic amines) is 1. The predicted molar refractivity (Wildman–Crippen MR) is 86.2 cm³/mol. The molecule has 0 radical (unpaired) electrons. The maximum absolute atomic E-state index is 13.4. The highest BCUT2D eigenvalue weighted by atomic mass is 19.1. The van der Waals surface area contributed by atoms with Gasteiger partial charge in [0.1, 0.15) is 5.82 Å². The summed E-state index contributed by atoms with van der Waals surface area (Å²) in [6, 6.07) is 4.88. The lowest BCUT2D eigenvalue weighted by atomic mass is 9.90. The molecule has 2 aromatic rings. The molecule has 1 aromatic carbocycles. The number of halogens is 1. The average Bonchev–Trinajstić information content (AvgIpc) is 3.17. The van der Waals surface area contributed by atoms with E-state index in [1.54, 1.807) is 19.1 Å². The predicted octanol–water partition coefficient (Wildman–Crippen LogP) is 2.92. The van der Waals surface area contributed by atoms with Crippen LogP contribution in [0.5, 0.6) is 0 Å². The molecule has 0 amide bonds. The van der Waals surface area contributed by atoms with Crippen molar-refractivity contribution in [1.82, 2.24) is 15.0 Å². The lowest BCUT2D eigenvalue weighted by Crippen LogP contribution is -2.32. The minimum Gasteiger partial charge on any atom is -0.337 e. The Balaban J connectivity index is 1.78. The number of nitrogens with zero attached hydrogens (tertiary/aromatic N) is 3. The molecule has 2 heterocycles. The monoisotopic (exact) mass is 318 g/mol. The number of hydrogen-bond acceptors (Lipinski definition) is 5. The second-order valence-electron chi connectivity index (χ2n) is 6.83. The Morgan fingerprint density at radius 1 is 1.48 bits per heavy atom. The van der Waals surface area contributed by atoms with E-state index < -0.39 is 0 Å². The number of hydrogen-bond donors (Lipinski definition) is 1. The molecule has 0 aliphatic carbocycles. The third kappa shape index (κ3) is 3.14. The minimum atomic E-state index is -0.232. The molecule has 0 saturated carbocycles. The van der Waals surface area contributed by atoms with Crippen molar-refractivity contribution in [1.29, 1.82) is 0 Å². The van der Waals surface area contributed by atoms with Crippen LogP contribution in [0.2, 0.25) is 0 Å². The molecule has 1 fully saturated rings. The summed E-state index contributed by atoms with van der Waals surface area (Å²) >= 11 is 0. The highest BCUT2D eigenvalue weighted by Gasteiger charge is 2.36. The quantitative estimate of drug-likeness (QED) is 0.939. The van der Waals surface area contributed by atoms with E-state index in [1.165, 1.54) is 6.07 Å². The van der Waals surface area contributed by atoms with Gasteiger partial charge in [0.15, 0.2) is 0 Å². The first kappa shape index (κ1) is 16.1. The van der Waals surface area contributed by atoms with E-state index >= 15 is 0 Å². The van der Waals surface area contributed by atoms with Crippen LogP contribution in [0.15, 0.2) is 22.7 Å². The maximum Gasteiger partial charge on any atom is 0.244 e. The van der Waals surface area contributed by atoms with Gasteiger partial charge in [-0.2, -0.15) is 4.98 Å². The van der Waals surface area contributed by atoms with Crippen molar-refractivity contribution in [3.05, 3.63) is 35.5 Å². The number of rotatable bonds is 4. The van der Waals surface area contributed by atoms with Crippen LogP contribution in [0.3, 0.4) is 0 Å². The summed E-state index contributed by atoms with van der Waals surface area (Å²) in [5.41, 5.74) is 7.36. The zero-order chi connectivity index (χ0) is 16.6. The van der Waals surface area contributed by atoms with Crippen LogP contribution in [-0.2, 0) is 0 Å². The Kier molecular flexibility index (Phi) is 4.21. The second-order valence-corrected chi connectivity index (χ2v) is 6.83. The van der Waals surface area contributed by atoms with Gasteiger partial charge < -0.3 is 10.3 Å². The third-order valence-electron chi connectivity index (χ3n) is 4.84. The molecule has 124 valence electrons. The van der Waals surface area contributed by atoms with Crippen LogP contribution in [0.25, 0.3) is 11.4 Å². The normalized spacial score (nSPS) is 23.3. The zero-order valence-electron chi connectivity index (χ0n) is 13.8. The van der Waals surface area contributed by atoms with E-state index in [4.69, 9.17) is 10.3 Å². The van der Waals surface area contributed by atoms with Gasteiger partial charge in [0.25, 0.3) is 0 Å². The first-order valence-corrected chi connectivity index (χ1v) is 7.96. The fraction of sp³-hybridized carbons (Fsp3) is 0.529. The first-order chi connectivity index (χ1) is 10.9. The van der Waals surface area contributed by atoms with E-state index in [9.17, 15) is 4.39 Å². The molecule has 2 atom stereocenters. The largest absolute Gasteiger partial charge is 0.337 e. The molecule has 1 aliphatic rings. The number of benzene rings is 1. The lowest BCUT2D eigenvalue weighted by Gasteiger charge is -2.25. The van der Waals surface area contributed by atoms with Gasteiger partial charge in [-0.3, -0.25) is 4.90 Å². The Morgan fingerprint density at radius 3 is 2.91 bits per heavy atom. The lowest BCUT2D eigenvalue weighted by molar-refractivity contribution is 0.188. The smallest absolute Gasteiger partial charge is 0.244 e. The van der Waals surface area contributed by atoms with Gasteiger partial charge in [-0.05, 0) is 62.5 Å². The van der Waals surface area contributed by atoms with E-state index in [0.717, 1.165) is 25.1 Å². The van der Waals surface area contributed by atoms with Crippen LogP contribution in [0.4, 0.5) is 4.39 Å². The van der Waals surface area contributed by atoms with E-state index in [1.807, 2.05) is 0 Å². The standard InChI is InChI=1S/C17H23FN4O/c1-11-8-13(4-5-14(11)18)15-20-16(23-21-15)12(2)22-7-6-17(3,9-19)10-22/h4-5,8,12H,6-7,9-10,19H2,1-3H3. The topological polar surface area (TPSA) is 68.2 Å². The van der Waals surface area contributed by atoms with Crippen molar-refractivity contribution in [2.75, 3.05) is 19.6 Å². The van der Waals surface area contributed by atoms with Gasteiger partial charge in [0.05, 0.1) is 6.04 Å². The molecule has 1 aromatic heterocycles. The fourth-order valence-corrected chi connectivity index (χ4v) is 3.02. The van der Waals surface area contributed by atoms with Crippen LogP contribution < -0.4 is 5.73 Å². The van der Waals surface area contributed by atoms with E-state index in [0.29, 0.717) is 23.8 Å². The first-order valence-electron chi connectivity index (χ1n) is 7.96. The van der Waals surface area contributed by atoms with E-state index in [2.05, 4.69) is 28.9 Å². The van der Waals surface area contributed by atoms with E-state index in [-0.39, 0.29) is 17.3 Å². The summed E-state index contributed by atoms with van der Waals surface area (Å²) in [7, 11) is 0. The molecule has 6 heteroatoms. The van der Waals surface area contributed by atoms with Gasteiger partial charge in [-0.25, -0.2) is 4.39 Å². The summed E-state index contributed by atoms with van der Waals surface area (Å²) < 4.78 is 18.8. The minimum absolute atomic E-state index is 0.0474. The molecule has 1 saturated heterocycles. The van der Waals surface area contributed by atoms with Gasteiger partial charge >= 0.3 is 0 Å². The molecule has 5 nitrogen and oxygen atoms in total. The number of nitrogens with two attached hydrogens (primary N) is 1. The number of aromatic nitrogens is 2. The van der Waals surface area contributed by atoms with Gasteiger partial charge in [0, 0.05) is 12.1 Å². The van der Waals surface area contributed by atoms with Crippen LogP contribution in [0, 0.1) is 18.2 Å². The molecule has 3 rings (SSSR count). The summed E-state index contributed by atoms with van der Waals surface area (Å²) in [5, 5.41) is 4.05. The summed E-state index contributed by atoms with van der Waals surface area (Å²) in [6.45, 7) is 8.58. The van der Waals surface area contributed by atoms with Crippen molar-refractivity contribution in [3.63, 3.8) is 0 Å². The Hall–Kier alpha value is -1.79. The average molecular weight is 318 g/mol. The van der Waals surface area contributed by atoms with Crippen molar-refractivity contribution in [2.45, 2.75) is 33.2 Å². The van der Waals surface area contributed by atoms with Gasteiger partial charge in [-0.15, -0.1) is 0 Å². The van der Waals surface area contributed by atoms with Crippen LogP contribution >= 0.6 is 0 Å². The van der Waals surface area contributed by atoms with Crippen molar-refractivity contribution in [2.24, 2.45) is 11.1 Å². The molecule has 0 spiro atoms. The third-order valence-corrected chi connectivity index (χ3v) is 4.84. The Morgan fingerprint density at radius 2 is 2.26 bits per heavy atom. The van der Waals surface area contributed by atoms with Crippen LogP contribution in [0.1, 0.15) is 37.8 Å². The Labute approximate surface area is 135 Å². The molecule has 1 aliphatic heterocycles. The number of aryl methyl sites for hydroxylation is 1. The summed E-state index contributed by atoms with van der Waals surface area (Å²) in [6.07, 6.45) is 1.08. The summed E-state index contributed by atoms with van der Waals surface area (Å²) in [4.78, 5) is 6.82. The molecule has 2 unspecified atom stereocenters. The summed E-state index contributed by atoms with van der Waals surface area (Å²) in [5.74, 6) is 0.850. The highest BCUT2D eigenvalue weighted by Crippen LogP contribution is 2.34. The van der Waals surface area contributed by atoms with Crippen molar-refractivity contribution in [3.8, 4) is 11.4 Å². The second kappa shape index (κ2) is 6.02. The molecule has 2 N–H and O–H groups in total. The van der Waals surface area contributed by atoms with Crippen LogP contribution in [-0.4, -0.2) is 34.7 Å². The molecule has 0 bridgehead atoms. The highest BCUT2D eigenvalue weighted by molar-refractivity contribution is 5.55. The molecular weight excluding hydrogens is 295 g/mol. The molecule has 23 heavy (non-hydrogen) atoms. The fourth-order valence-electron chi connectivity index (χ4n) is 3.02. The maximum atomic E-state index is 13.4. The zero-order valence-corrected chi connectivity index (χ0v) is 13.8. The van der Waals surface area contributed by atoms with Crippen molar-refractivity contribution < 1.29 is 8.91 Å². The molecular formula is C17H23FN4O. The van der Waals surface area contributed by atoms with Gasteiger partial charge in [0.2, 0.25) is 11.7 Å². The van der Waals surface area contributed by atoms with Gasteiger partial charge in [-0.1, -0.05) is 12.1 Å².